The number of aromatic amines is 2. The van der Waals surface area contributed by atoms with Crippen molar-refractivity contribution >= 4 is 21.8 Å². The Morgan fingerprint density at radius 1 is 0.643 bits per heavy atom. The molecular weight excluding hydrogens is 516 g/mol. The third kappa shape index (κ3) is 6.45. The third-order valence-corrected chi connectivity index (χ3v) is 8.25. The minimum Gasteiger partial charge on any atom is -0.341 e. The van der Waals surface area contributed by atoms with Gasteiger partial charge in [0, 0.05) is 5.56 Å². The van der Waals surface area contributed by atoms with Crippen molar-refractivity contribution < 1.29 is 0 Å². The second kappa shape index (κ2) is 14.6. The first-order valence-corrected chi connectivity index (χ1v) is 16.1. The summed E-state index contributed by atoms with van der Waals surface area (Å²) in [5.41, 5.74) is 6.85. The zero-order chi connectivity index (χ0) is 30.2. The largest absolute Gasteiger partial charge is 0.341 e. The van der Waals surface area contributed by atoms with Gasteiger partial charge in [0.05, 0.1) is 35.0 Å². The molecule has 0 spiro atoms. The number of hydrogen-bond acceptors (Lipinski definition) is 4. The molecule has 224 valence electrons. The lowest BCUT2D eigenvalue weighted by Gasteiger charge is -2.16. The molecule has 2 saturated heterocycles. The van der Waals surface area contributed by atoms with Crippen LogP contribution in [0.3, 0.4) is 0 Å². The number of likely N-dealkylation sites (tertiary alicyclic amines) is 2. The lowest BCUT2D eigenvalue weighted by molar-refractivity contribution is 0.307. The topological polar surface area (TPSA) is 63.8 Å². The molecule has 0 amide bonds. The molecule has 2 unspecified atom stereocenters. The van der Waals surface area contributed by atoms with Crippen LogP contribution in [-0.4, -0.2) is 56.9 Å². The summed E-state index contributed by atoms with van der Waals surface area (Å²) in [6, 6.07) is 20.8. The van der Waals surface area contributed by atoms with Crippen LogP contribution >= 0.6 is 0 Å². The van der Waals surface area contributed by atoms with Crippen LogP contribution in [0.5, 0.6) is 0 Å². The number of H-pyrrole nitrogens is 2. The molecule has 3 aromatic carbocycles. The standard InChI is InChI=1S/C30H32N6.3C2H6/c1-35-13-3-5-27(35)29-31-18-26(34-29)23-10-9-19-15-20(7-8-21(19)16-23)22-11-12-24-25(17-22)33-30(32-24)28-6-4-14-36(28)2;3*1-2/h7-12,15-18,27-28H,3-6,13-14H2,1-2H3,(H,31,34)(H,32,33);3*1-2H3. The highest BCUT2D eigenvalue weighted by Gasteiger charge is 2.26. The molecule has 2 aromatic heterocycles. The van der Waals surface area contributed by atoms with E-state index in [1.165, 1.54) is 53.1 Å². The van der Waals surface area contributed by atoms with Crippen molar-refractivity contribution in [2.45, 2.75) is 79.3 Å². The van der Waals surface area contributed by atoms with Gasteiger partial charge < -0.3 is 9.97 Å². The molecule has 2 atom stereocenters. The lowest BCUT2D eigenvalue weighted by Crippen LogP contribution is -2.18. The summed E-state index contributed by atoms with van der Waals surface area (Å²) in [4.78, 5) is 21.6. The van der Waals surface area contributed by atoms with Gasteiger partial charge in [0.1, 0.15) is 11.6 Å². The highest BCUT2D eigenvalue weighted by Crippen LogP contribution is 2.33. The van der Waals surface area contributed by atoms with E-state index in [4.69, 9.17) is 9.97 Å². The highest BCUT2D eigenvalue weighted by atomic mass is 15.2. The Labute approximate surface area is 252 Å². The number of rotatable bonds is 4. The second-order valence-electron chi connectivity index (χ2n) is 10.6. The van der Waals surface area contributed by atoms with E-state index in [0.29, 0.717) is 12.1 Å². The number of hydrogen-bond donors (Lipinski definition) is 2. The first-order chi connectivity index (χ1) is 20.6. The molecule has 2 aliphatic heterocycles. The Kier molecular flexibility index (Phi) is 10.9. The molecule has 0 aliphatic carbocycles. The van der Waals surface area contributed by atoms with Crippen molar-refractivity contribution in [3.05, 3.63) is 72.4 Å². The average Bonchev–Trinajstić information content (AvgIpc) is 3.86. The van der Waals surface area contributed by atoms with E-state index < -0.39 is 0 Å². The Hall–Kier alpha value is -3.48. The van der Waals surface area contributed by atoms with Crippen molar-refractivity contribution in [2.24, 2.45) is 0 Å². The minimum atomic E-state index is 0.403. The monoisotopic (exact) mass is 566 g/mol. The van der Waals surface area contributed by atoms with Crippen LogP contribution < -0.4 is 0 Å². The number of benzene rings is 3. The van der Waals surface area contributed by atoms with Crippen molar-refractivity contribution in [1.29, 1.82) is 0 Å². The average molecular weight is 567 g/mol. The maximum Gasteiger partial charge on any atom is 0.124 e. The molecular formula is C36H50N6. The fourth-order valence-corrected chi connectivity index (χ4v) is 6.12. The van der Waals surface area contributed by atoms with Gasteiger partial charge in [-0.25, -0.2) is 9.97 Å². The van der Waals surface area contributed by atoms with E-state index in [1.54, 1.807) is 0 Å². The van der Waals surface area contributed by atoms with Crippen LogP contribution in [0.15, 0.2) is 60.8 Å². The van der Waals surface area contributed by atoms with Gasteiger partial charge in [-0.1, -0.05) is 71.9 Å². The van der Waals surface area contributed by atoms with Crippen molar-refractivity contribution in [3.63, 3.8) is 0 Å². The molecule has 4 heterocycles. The summed E-state index contributed by atoms with van der Waals surface area (Å²) in [5.74, 6) is 2.17. The number of aromatic nitrogens is 4. The van der Waals surface area contributed by atoms with E-state index in [0.717, 1.165) is 41.5 Å². The minimum absolute atomic E-state index is 0.403. The molecule has 42 heavy (non-hydrogen) atoms. The highest BCUT2D eigenvalue weighted by molar-refractivity contribution is 5.91. The van der Waals surface area contributed by atoms with Crippen LogP contribution in [0.25, 0.3) is 44.2 Å². The summed E-state index contributed by atoms with van der Waals surface area (Å²) in [5, 5.41) is 2.48. The molecule has 7 rings (SSSR count). The SMILES string of the molecule is CC.CC.CC.CN1CCCC1c1ncc(-c2ccc3cc(-c4ccc5nc(C6CCCN6C)[nH]c5c4)ccc3c2)[nH]1. The Morgan fingerprint density at radius 3 is 1.81 bits per heavy atom. The van der Waals surface area contributed by atoms with Crippen LogP contribution in [-0.2, 0) is 0 Å². The zero-order valence-corrected chi connectivity index (χ0v) is 27.0. The number of fused-ring (bicyclic) bond motifs is 2. The first kappa shape index (κ1) is 31.5. The predicted molar refractivity (Wildman–Crippen MR) is 180 cm³/mol. The quantitative estimate of drug-likeness (QED) is 0.227. The van der Waals surface area contributed by atoms with E-state index in [9.17, 15) is 0 Å². The van der Waals surface area contributed by atoms with E-state index >= 15 is 0 Å². The molecule has 2 N–H and O–H groups in total. The van der Waals surface area contributed by atoms with Crippen molar-refractivity contribution in [2.75, 3.05) is 27.2 Å². The fourth-order valence-electron chi connectivity index (χ4n) is 6.12. The summed E-state index contributed by atoms with van der Waals surface area (Å²) >= 11 is 0. The van der Waals surface area contributed by atoms with Crippen LogP contribution in [0.1, 0.15) is 91.0 Å². The predicted octanol–water partition coefficient (Wildman–Crippen LogP) is 9.39. The summed E-state index contributed by atoms with van der Waals surface area (Å²) < 4.78 is 0. The third-order valence-electron chi connectivity index (χ3n) is 8.25. The van der Waals surface area contributed by atoms with E-state index in [-0.39, 0.29) is 0 Å². The number of nitrogens with zero attached hydrogens (tertiary/aromatic N) is 4. The molecule has 0 bridgehead atoms. The van der Waals surface area contributed by atoms with Gasteiger partial charge >= 0.3 is 0 Å². The van der Waals surface area contributed by atoms with E-state index in [1.807, 2.05) is 47.7 Å². The summed E-state index contributed by atoms with van der Waals surface area (Å²) in [7, 11) is 4.38. The Balaban J connectivity index is 0.000000637. The van der Waals surface area contributed by atoms with Crippen LogP contribution in [0.2, 0.25) is 0 Å². The number of imidazole rings is 2. The molecule has 5 aromatic rings. The molecule has 2 fully saturated rings. The normalized spacial score (nSPS) is 18.7. The Morgan fingerprint density at radius 2 is 1.19 bits per heavy atom. The second-order valence-corrected chi connectivity index (χ2v) is 10.6. The van der Waals surface area contributed by atoms with Gasteiger partial charge in [0.2, 0.25) is 0 Å². The van der Waals surface area contributed by atoms with Crippen molar-refractivity contribution in [1.82, 2.24) is 29.7 Å². The smallest absolute Gasteiger partial charge is 0.124 e. The first-order valence-electron chi connectivity index (χ1n) is 16.1. The molecule has 0 radical (unpaired) electrons. The molecule has 2 aliphatic rings. The molecule has 0 saturated carbocycles. The van der Waals surface area contributed by atoms with Gasteiger partial charge in [-0.05, 0) is 99.0 Å². The maximum absolute atomic E-state index is 4.89. The zero-order valence-electron chi connectivity index (χ0n) is 27.0. The van der Waals surface area contributed by atoms with Gasteiger partial charge in [0.15, 0.2) is 0 Å². The van der Waals surface area contributed by atoms with Crippen LogP contribution in [0, 0.1) is 0 Å². The number of nitrogens with one attached hydrogen (secondary N) is 2. The molecule has 6 heteroatoms. The van der Waals surface area contributed by atoms with Gasteiger partial charge in [0.25, 0.3) is 0 Å². The van der Waals surface area contributed by atoms with Gasteiger partial charge in [-0.2, -0.15) is 0 Å². The van der Waals surface area contributed by atoms with E-state index in [2.05, 4.69) is 88.5 Å². The Bertz CT molecular complexity index is 1560. The summed E-state index contributed by atoms with van der Waals surface area (Å²) in [6.07, 6.45) is 6.80. The fraction of sp³-hybridized carbons (Fsp3) is 0.444. The van der Waals surface area contributed by atoms with Crippen LogP contribution in [0.4, 0.5) is 0 Å². The van der Waals surface area contributed by atoms with Gasteiger partial charge in [-0.15, -0.1) is 0 Å². The lowest BCUT2D eigenvalue weighted by atomic mass is 9.99. The summed E-state index contributed by atoms with van der Waals surface area (Å²) in [6.45, 7) is 14.3. The van der Waals surface area contributed by atoms with Gasteiger partial charge in [-0.3, -0.25) is 9.80 Å². The van der Waals surface area contributed by atoms with Crippen molar-refractivity contribution in [3.8, 4) is 22.4 Å². The molecule has 6 nitrogen and oxygen atoms in total. The maximum atomic E-state index is 4.89.